The lowest BCUT2D eigenvalue weighted by Gasteiger charge is -2.27. The smallest absolute Gasteiger partial charge is 0.297 e. The first-order chi connectivity index (χ1) is 17.7. The zero-order valence-electron chi connectivity index (χ0n) is 20.4. The fourth-order valence-electron chi connectivity index (χ4n) is 4.50. The number of nitrogens with zero attached hydrogens (tertiary/aromatic N) is 3. The summed E-state index contributed by atoms with van der Waals surface area (Å²) in [6.07, 6.45) is 5.26. The molecule has 37 heavy (non-hydrogen) atoms. The zero-order chi connectivity index (χ0) is 26.7. The third kappa shape index (κ3) is 4.64. The van der Waals surface area contributed by atoms with Crippen molar-refractivity contribution < 1.29 is 24.7 Å². The van der Waals surface area contributed by atoms with Gasteiger partial charge < -0.3 is 19.8 Å². The molecule has 1 aliphatic heterocycles. The van der Waals surface area contributed by atoms with Gasteiger partial charge in [-0.05, 0) is 42.3 Å². The van der Waals surface area contributed by atoms with Gasteiger partial charge in [-0.1, -0.05) is 31.2 Å². The van der Waals surface area contributed by atoms with Crippen molar-refractivity contribution in [3.8, 4) is 11.4 Å². The molecule has 0 aliphatic carbocycles. The number of aliphatic hydroxyl groups is 2. The molecule has 3 aromatic rings. The van der Waals surface area contributed by atoms with Crippen LogP contribution in [0.15, 0.2) is 77.7 Å². The Morgan fingerprint density at radius 1 is 1.16 bits per heavy atom. The van der Waals surface area contributed by atoms with Crippen molar-refractivity contribution in [1.82, 2.24) is 4.57 Å². The number of non-ortho nitro benzene ring substituents is 1. The Bertz CT molecular complexity index is 1410. The van der Waals surface area contributed by atoms with Crippen LogP contribution >= 0.6 is 0 Å². The topological polar surface area (TPSA) is 135 Å². The molecule has 0 bridgehead atoms. The maximum Gasteiger partial charge on any atom is 0.297 e. The summed E-state index contributed by atoms with van der Waals surface area (Å²) < 4.78 is 6.54. The molecule has 0 spiro atoms. The van der Waals surface area contributed by atoms with Gasteiger partial charge in [0.25, 0.3) is 17.2 Å². The maximum absolute atomic E-state index is 13.6. The lowest BCUT2D eigenvalue weighted by atomic mass is 9.82. The summed E-state index contributed by atoms with van der Waals surface area (Å²) in [5, 5.41) is 32.1. The molecule has 2 atom stereocenters. The number of anilines is 1. The van der Waals surface area contributed by atoms with Crippen LogP contribution in [0.1, 0.15) is 24.5 Å². The van der Waals surface area contributed by atoms with Crippen molar-refractivity contribution in [2.45, 2.75) is 25.5 Å². The molecule has 0 fully saturated rings. The Morgan fingerprint density at radius 2 is 1.89 bits per heavy atom. The maximum atomic E-state index is 13.6. The van der Waals surface area contributed by atoms with Gasteiger partial charge in [-0.2, -0.15) is 0 Å². The van der Waals surface area contributed by atoms with Crippen molar-refractivity contribution in [2.24, 2.45) is 5.92 Å². The molecule has 2 heterocycles. The van der Waals surface area contributed by atoms with Gasteiger partial charge in [0.05, 0.1) is 24.3 Å². The molecule has 2 aromatic carbocycles. The monoisotopic (exact) mass is 505 g/mol. The highest BCUT2D eigenvalue weighted by Gasteiger charge is 2.53. The van der Waals surface area contributed by atoms with E-state index >= 15 is 0 Å². The number of hydrogen-bond donors (Lipinski definition) is 2. The second kappa shape index (κ2) is 10.4. The fourth-order valence-corrected chi connectivity index (χ4v) is 4.50. The first-order valence-corrected chi connectivity index (χ1v) is 11.7. The molecule has 0 radical (unpaired) electrons. The van der Waals surface area contributed by atoms with Gasteiger partial charge in [-0.3, -0.25) is 24.3 Å². The number of aromatic nitrogens is 1. The molecular weight excluding hydrogens is 478 g/mol. The Kier molecular flexibility index (Phi) is 7.23. The minimum Gasteiger partial charge on any atom is -0.491 e. The van der Waals surface area contributed by atoms with Gasteiger partial charge in [-0.25, -0.2) is 0 Å². The van der Waals surface area contributed by atoms with Gasteiger partial charge >= 0.3 is 0 Å². The number of pyridine rings is 1. The van der Waals surface area contributed by atoms with Crippen LogP contribution < -0.4 is 15.2 Å². The van der Waals surface area contributed by atoms with Crippen LogP contribution in [-0.2, 0) is 16.9 Å². The van der Waals surface area contributed by atoms with E-state index in [0.717, 1.165) is 5.56 Å². The SMILES string of the molecule is COc1cccn(-c2ccc(CN3C(=O)[C@](O)([C@H](C)/C=C/CCO)c4cc([N+](=O)[O-])ccc43)cc2)c1=O. The molecule has 10 heteroatoms. The molecule has 10 nitrogen and oxygen atoms in total. The van der Waals surface area contributed by atoms with E-state index < -0.39 is 22.3 Å². The molecule has 2 N–H and O–H groups in total. The Morgan fingerprint density at radius 3 is 2.54 bits per heavy atom. The van der Waals surface area contributed by atoms with Gasteiger partial charge in [0, 0.05) is 42.1 Å². The minimum atomic E-state index is -2.01. The number of benzene rings is 2. The lowest BCUT2D eigenvalue weighted by Crippen LogP contribution is -2.44. The van der Waals surface area contributed by atoms with Crippen LogP contribution in [0.5, 0.6) is 5.75 Å². The number of carbonyl (C=O) groups excluding carboxylic acids is 1. The molecule has 0 unspecified atom stereocenters. The number of hydrogen-bond acceptors (Lipinski definition) is 7. The van der Waals surface area contributed by atoms with E-state index in [2.05, 4.69) is 0 Å². The number of fused-ring (bicyclic) bond motifs is 1. The van der Waals surface area contributed by atoms with Crippen LogP contribution in [0.25, 0.3) is 5.69 Å². The van der Waals surface area contributed by atoms with Crippen molar-refractivity contribution in [3.05, 3.63) is 105 Å². The summed E-state index contributed by atoms with van der Waals surface area (Å²) in [5.74, 6) is -1.10. The largest absolute Gasteiger partial charge is 0.491 e. The van der Waals surface area contributed by atoms with Crippen LogP contribution in [-0.4, -0.2) is 39.3 Å². The molecule has 4 rings (SSSR count). The number of carbonyl (C=O) groups is 1. The average Bonchev–Trinajstić information content (AvgIpc) is 3.11. The second-order valence-corrected chi connectivity index (χ2v) is 8.76. The Balaban J connectivity index is 1.69. The molecule has 1 aromatic heterocycles. The number of methoxy groups -OCH3 is 1. The van der Waals surface area contributed by atoms with E-state index in [1.807, 2.05) is 0 Å². The van der Waals surface area contributed by atoms with E-state index in [-0.39, 0.29) is 35.7 Å². The van der Waals surface area contributed by atoms with Crippen LogP contribution in [0.4, 0.5) is 11.4 Å². The second-order valence-electron chi connectivity index (χ2n) is 8.76. The average molecular weight is 506 g/mol. The first kappa shape index (κ1) is 25.8. The van der Waals surface area contributed by atoms with Gasteiger partial charge in [-0.15, -0.1) is 0 Å². The van der Waals surface area contributed by atoms with E-state index in [4.69, 9.17) is 9.84 Å². The molecule has 1 amide bonds. The standard InChI is InChI=1S/C27H27N3O7/c1-18(6-3-4-15-31)27(34)22-16-21(30(35)36)12-13-23(22)29(26(27)33)17-19-8-10-20(11-9-19)28-14-5-7-24(37-2)25(28)32/h3,5-14,16,18,31,34H,4,15,17H2,1-2H3/b6-3+/t18-,27+/m1/s1. The van der Waals surface area contributed by atoms with Crippen LogP contribution in [0.3, 0.4) is 0 Å². The fraction of sp³-hybridized carbons (Fsp3) is 0.259. The third-order valence-corrected chi connectivity index (χ3v) is 6.53. The highest BCUT2D eigenvalue weighted by molar-refractivity contribution is 6.07. The number of amides is 1. The highest BCUT2D eigenvalue weighted by atomic mass is 16.6. The van der Waals surface area contributed by atoms with Crippen molar-refractivity contribution in [1.29, 1.82) is 0 Å². The van der Waals surface area contributed by atoms with Gasteiger partial charge in [0.2, 0.25) is 0 Å². The number of ether oxygens (including phenoxy) is 1. The van der Waals surface area contributed by atoms with Gasteiger partial charge in [0.1, 0.15) is 0 Å². The van der Waals surface area contributed by atoms with Gasteiger partial charge in [0.15, 0.2) is 11.4 Å². The Labute approximate surface area is 212 Å². The summed E-state index contributed by atoms with van der Waals surface area (Å²) in [7, 11) is 1.42. The predicted molar refractivity (Wildman–Crippen MR) is 137 cm³/mol. The highest BCUT2D eigenvalue weighted by Crippen LogP contribution is 2.47. The zero-order valence-corrected chi connectivity index (χ0v) is 20.4. The Hall–Kier alpha value is -4.28. The number of rotatable bonds is 9. The van der Waals surface area contributed by atoms with E-state index in [9.17, 15) is 24.8 Å². The summed E-state index contributed by atoms with van der Waals surface area (Å²) in [4.78, 5) is 38.4. The normalized spacial score (nSPS) is 17.7. The third-order valence-electron chi connectivity index (χ3n) is 6.53. The van der Waals surface area contributed by atoms with Crippen LogP contribution in [0.2, 0.25) is 0 Å². The summed E-state index contributed by atoms with van der Waals surface area (Å²) >= 11 is 0. The van der Waals surface area contributed by atoms with E-state index in [1.54, 1.807) is 61.7 Å². The summed E-state index contributed by atoms with van der Waals surface area (Å²) in [6, 6.07) is 14.3. The molecule has 192 valence electrons. The number of nitro groups is 1. The molecule has 0 saturated carbocycles. The minimum absolute atomic E-state index is 0.0817. The summed E-state index contributed by atoms with van der Waals surface area (Å²) in [6.45, 7) is 1.67. The quantitative estimate of drug-likeness (QED) is 0.259. The van der Waals surface area contributed by atoms with Crippen molar-refractivity contribution >= 4 is 17.3 Å². The number of aliphatic hydroxyl groups excluding tert-OH is 1. The van der Waals surface area contributed by atoms with Crippen LogP contribution in [0, 0.1) is 16.0 Å². The van der Waals surface area contributed by atoms with E-state index in [1.165, 1.54) is 34.8 Å². The lowest BCUT2D eigenvalue weighted by molar-refractivity contribution is -0.385. The van der Waals surface area contributed by atoms with Crippen molar-refractivity contribution in [2.75, 3.05) is 18.6 Å². The molecule has 1 aliphatic rings. The first-order valence-electron chi connectivity index (χ1n) is 11.7. The predicted octanol–water partition coefficient (Wildman–Crippen LogP) is 3.06. The van der Waals surface area contributed by atoms with E-state index in [0.29, 0.717) is 17.8 Å². The molecular formula is C27H27N3O7. The number of nitro benzene ring substituents is 1. The molecule has 0 saturated heterocycles. The van der Waals surface area contributed by atoms with Crippen molar-refractivity contribution in [3.63, 3.8) is 0 Å². The summed E-state index contributed by atoms with van der Waals surface area (Å²) in [5.41, 5.74) is -0.675.